The number of hydrogen-bond donors (Lipinski definition) is 0. The molecule has 1 atom stereocenters. The molecule has 0 N–H and O–H groups in total. The molecule has 0 amide bonds. The number of nitrogens with zero attached hydrogens (tertiary/aromatic N) is 1. The highest BCUT2D eigenvalue weighted by atomic mass is 127. The zero-order valence-electron chi connectivity index (χ0n) is 5.80. The van der Waals surface area contributed by atoms with Gasteiger partial charge in [0.25, 0.3) is 0 Å². The van der Waals surface area contributed by atoms with Gasteiger partial charge in [-0.1, -0.05) is 11.6 Å². The van der Waals surface area contributed by atoms with Crippen LogP contribution in [-0.2, 0) is 0 Å². The van der Waals surface area contributed by atoms with Gasteiger partial charge >= 0.3 is 0 Å². The van der Waals surface area contributed by atoms with Crippen LogP contribution in [0.15, 0.2) is 15.2 Å². The number of fused-ring (bicyclic) bond motifs is 1. The van der Waals surface area contributed by atoms with Crippen molar-refractivity contribution >= 4 is 67.8 Å². The third-order valence-electron chi connectivity index (χ3n) is 1.64. The lowest BCUT2D eigenvalue weighted by atomic mass is 10.2. The highest BCUT2D eigenvalue weighted by Gasteiger charge is 2.24. The third kappa shape index (κ3) is 1.42. The van der Waals surface area contributed by atoms with Crippen molar-refractivity contribution in [3.63, 3.8) is 0 Å². The fourth-order valence-corrected chi connectivity index (χ4v) is 3.55. The highest BCUT2D eigenvalue weighted by Crippen LogP contribution is 2.43. The van der Waals surface area contributed by atoms with Crippen LogP contribution in [0.4, 0.5) is 0 Å². The zero-order valence-corrected chi connectivity index (χ0v) is 11.1. The Bertz CT molecular complexity index is 338. The zero-order chi connectivity index (χ0) is 8.72. The summed E-state index contributed by atoms with van der Waals surface area (Å²) in [6.45, 7) is 0. The monoisotopic (exact) mass is 375 g/mol. The van der Waals surface area contributed by atoms with Crippen LogP contribution < -0.4 is 0 Å². The predicted molar refractivity (Wildman–Crippen MR) is 65.7 cm³/mol. The van der Waals surface area contributed by atoms with Gasteiger partial charge in [-0.15, -0.1) is 11.3 Å². The number of alkyl halides is 1. The van der Waals surface area contributed by atoms with Gasteiger partial charge in [-0.05, 0) is 40.1 Å². The summed E-state index contributed by atoms with van der Waals surface area (Å²) in [5.74, 6) is 0. The van der Waals surface area contributed by atoms with E-state index in [9.17, 15) is 0 Å². The first-order chi connectivity index (χ1) is 5.70. The molecule has 1 aromatic rings. The smallest absolute Gasteiger partial charge is 0.142 e. The maximum absolute atomic E-state index is 6.17. The maximum atomic E-state index is 6.17. The van der Waals surface area contributed by atoms with Gasteiger partial charge in [0.05, 0.1) is 19.9 Å². The second-order valence-corrected chi connectivity index (χ2v) is 5.58. The average molecular weight is 376 g/mol. The van der Waals surface area contributed by atoms with Crippen LogP contribution >= 0.6 is 61.7 Å². The first-order valence-corrected chi connectivity index (χ1v) is 6.34. The Morgan fingerprint density at radius 2 is 2.42 bits per heavy atom. The summed E-state index contributed by atoms with van der Waals surface area (Å²) in [5, 5.41) is 2.06. The second kappa shape index (κ2) is 3.48. The van der Waals surface area contributed by atoms with Crippen LogP contribution in [0, 0.1) is 0 Å². The minimum atomic E-state index is -0.0804. The van der Waals surface area contributed by atoms with Crippen molar-refractivity contribution in [2.75, 3.05) is 0 Å². The minimum Gasteiger partial charge on any atom is -0.281 e. The Morgan fingerprint density at radius 1 is 1.67 bits per heavy atom. The van der Waals surface area contributed by atoms with Gasteiger partial charge in [0.2, 0.25) is 0 Å². The third-order valence-corrected chi connectivity index (χ3v) is 5.47. The first-order valence-electron chi connectivity index (χ1n) is 3.24. The Labute approximate surface area is 102 Å². The maximum Gasteiger partial charge on any atom is 0.142 e. The molecule has 2 rings (SSSR count). The van der Waals surface area contributed by atoms with Crippen LogP contribution in [0.5, 0.6) is 0 Å². The Kier molecular flexibility index (Phi) is 2.69. The molecular weight excluding hydrogens is 372 g/mol. The Morgan fingerprint density at radius 3 is 3.17 bits per heavy atom. The molecule has 0 aromatic carbocycles. The van der Waals surface area contributed by atoms with Crippen LogP contribution in [0.3, 0.4) is 0 Å². The van der Waals surface area contributed by atoms with E-state index in [-0.39, 0.29) is 5.50 Å². The largest absolute Gasteiger partial charge is 0.281 e. The van der Waals surface area contributed by atoms with Crippen molar-refractivity contribution in [3.05, 3.63) is 25.6 Å². The van der Waals surface area contributed by atoms with Gasteiger partial charge in [-0.3, -0.25) is 3.93 Å². The quantitative estimate of drug-likeness (QED) is 0.282. The lowest BCUT2D eigenvalue weighted by Crippen LogP contribution is -2.14. The molecule has 0 fully saturated rings. The molecule has 0 bridgehead atoms. The van der Waals surface area contributed by atoms with E-state index in [0.717, 1.165) is 3.70 Å². The highest BCUT2D eigenvalue weighted by molar-refractivity contribution is 14.1. The Hall–Kier alpha value is 0.740. The number of hydrogen-bond acceptors (Lipinski definition) is 2. The molecule has 2 heterocycles. The SMILES string of the molecule is ClC1c2ccsc2C=C(I)N1Br. The molecule has 1 aliphatic rings. The molecule has 0 aliphatic carbocycles. The number of halogens is 3. The van der Waals surface area contributed by atoms with E-state index in [1.54, 1.807) is 11.3 Å². The molecule has 0 radical (unpaired) electrons. The molecule has 1 nitrogen and oxygen atoms in total. The van der Waals surface area contributed by atoms with Gasteiger partial charge in [-0.2, -0.15) is 0 Å². The van der Waals surface area contributed by atoms with Crippen molar-refractivity contribution in [2.45, 2.75) is 5.50 Å². The summed E-state index contributed by atoms with van der Waals surface area (Å²) in [5.41, 5.74) is 1.10. The van der Waals surface area contributed by atoms with E-state index in [0.29, 0.717) is 0 Å². The van der Waals surface area contributed by atoms with Crippen LogP contribution in [-0.4, -0.2) is 3.93 Å². The summed E-state index contributed by atoms with van der Waals surface area (Å²) in [6.07, 6.45) is 2.12. The molecule has 1 unspecified atom stereocenters. The summed E-state index contributed by atoms with van der Waals surface area (Å²) >= 11 is 13.6. The second-order valence-electron chi connectivity index (χ2n) is 2.35. The van der Waals surface area contributed by atoms with E-state index in [1.165, 1.54) is 10.4 Å². The molecule has 0 saturated carbocycles. The van der Waals surface area contributed by atoms with Crippen LogP contribution in [0.2, 0.25) is 0 Å². The van der Waals surface area contributed by atoms with Crippen LogP contribution in [0.1, 0.15) is 15.9 Å². The van der Waals surface area contributed by atoms with Gasteiger partial charge in [0.15, 0.2) is 0 Å². The first kappa shape index (κ1) is 9.30. The van der Waals surface area contributed by atoms with E-state index >= 15 is 0 Å². The van der Waals surface area contributed by atoms with Crippen molar-refractivity contribution < 1.29 is 0 Å². The predicted octanol–water partition coefficient (Wildman–Crippen LogP) is 4.34. The molecule has 64 valence electrons. The van der Waals surface area contributed by atoms with Crippen molar-refractivity contribution in [1.29, 1.82) is 0 Å². The molecule has 1 aliphatic heterocycles. The van der Waals surface area contributed by atoms with E-state index in [2.05, 4.69) is 56.3 Å². The van der Waals surface area contributed by atoms with Gasteiger partial charge in [0, 0.05) is 10.4 Å². The summed E-state index contributed by atoms with van der Waals surface area (Å²) in [7, 11) is 0. The number of thiophene rings is 1. The van der Waals surface area contributed by atoms with Crippen molar-refractivity contribution in [3.8, 4) is 0 Å². The standard InChI is InChI=1S/C7H4BrClINS/c8-11-6(10)3-5-4(7(11)9)1-2-12-5/h1-3,7H. The van der Waals surface area contributed by atoms with E-state index < -0.39 is 0 Å². The Balaban J connectivity index is 2.53. The molecule has 0 spiro atoms. The fourth-order valence-electron chi connectivity index (χ4n) is 1.05. The minimum absolute atomic E-state index is 0.0804. The van der Waals surface area contributed by atoms with Gasteiger partial charge in [-0.25, -0.2) is 0 Å². The summed E-state index contributed by atoms with van der Waals surface area (Å²) < 4.78 is 2.99. The van der Waals surface area contributed by atoms with E-state index in [4.69, 9.17) is 11.6 Å². The molecular formula is C7H4BrClINS. The van der Waals surface area contributed by atoms with Gasteiger partial charge in [0.1, 0.15) is 5.50 Å². The number of rotatable bonds is 0. The lowest BCUT2D eigenvalue weighted by molar-refractivity contribution is 0.603. The lowest BCUT2D eigenvalue weighted by Gasteiger charge is -2.25. The van der Waals surface area contributed by atoms with E-state index in [1.807, 2.05) is 3.93 Å². The van der Waals surface area contributed by atoms with Crippen LogP contribution in [0.25, 0.3) is 6.08 Å². The van der Waals surface area contributed by atoms with Crippen molar-refractivity contribution in [2.24, 2.45) is 0 Å². The summed E-state index contributed by atoms with van der Waals surface area (Å²) in [4.78, 5) is 1.26. The molecule has 5 heteroatoms. The topological polar surface area (TPSA) is 3.24 Å². The molecule has 1 aromatic heterocycles. The van der Waals surface area contributed by atoms with Crippen molar-refractivity contribution in [1.82, 2.24) is 3.93 Å². The normalized spacial score (nSPS) is 22.1. The molecule has 12 heavy (non-hydrogen) atoms. The fraction of sp³-hybridized carbons (Fsp3) is 0.143. The van der Waals surface area contributed by atoms with Gasteiger partial charge < -0.3 is 0 Å². The average Bonchev–Trinajstić information content (AvgIpc) is 2.48. The molecule has 0 saturated heterocycles. The summed E-state index contributed by atoms with van der Waals surface area (Å²) in [6, 6.07) is 2.06.